The predicted molar refractivity (Wildman–Crippen MR) is 86.9 cm³/mol. The van der Waals surface area contributed by atoms with Gasteiger partial charge in [-0.2, -0.15) is 0 Å². The molecule has 0 saturated heterocycles. The van der Waals surface area contributed by atoms with Gasteiger partial charge >= 0.3 is 6.09 Å². The van der Waals surface area contributed by atoms with Gasteiger partial charge < -0.3 is 9.64 Å². The molecule has 0 atom stereocenters. The van der Waals surface area contributed by atoms with Crippen LogP contribution in [0, 0.1) is 5.82 Å². The molecular weight excluding hydrogens is 337 g/mol. The molecule has 0 aliphatic rings. The summed E-state index contributed by atoms with van der Waals surface area (Å²) in [7, 11) is 3.25. The number of aryl methyl sites for hydroxylation is 1. The molecule has 0 aliphatic carbocycles. The van der Waals surface area contributed by atoms with Crippen molar-refractivity contribution in [3.63, 3.8) is 0 Å². The van der Waals surface area contributed by atoms with Gasteiger partial charge in [0.05, 0.1) is 12.2 Å². The molecule has 7 nitrogen and oxygen atoms in total. The summed E-state index contributed by atoms with van der Waals surface area (Å²) in [6, 6.07) is 1.46. The summed E-state index contributed by atoms with van der Waals surface area (Å²) in [5.41, 5.74) is 0.416. The third kappa shape index (κ3) is 4.00. The standard InChI is InChI=1S/C15H19ClFN5O2/c1-15(2,3)24-14(23)21(4)8-10-12(19-20-22(10)5)9-6-7-18-13(16)11(9)17/h6-7H,8H2,1-5H3. The van der Waals surface area contributed by atoms with Crippen molar-refractivity contribution in [3.05, 3.63) is 28.9 Å². The normalized spacial score (nSPS) is 11.5. The van der Waals surface area contributed by atoms with Crippen LogP contribution in [0.5, 0.6) is 0 Å². The minimum absolute atomic E-state index is 0.146. The van der Waals surface area contributed by atoms with Crippen molar-refractivity contribution in [2.75, 3.05) is 7.05 Å². The Morgan fingerprint density at radius 2 is 2.12 bits per heavy atom. The van der Waals surface area contributed by atoms with Crippen LogP contribution in [0.2, 0.25) is 5.15 Å². The first-order valence-electron chi connectivity index (χ1n) is 7.23. The number of amides is 1. The van der Waals surface area contributed by atoms with Crippen molar-refractivity contribution in [1.29, 1.82) is 0 Å². The maximum absolute atomic E-state index is 14.2. The molecule has 2 aromatic heterocycles. The first-order valence-corrected chi connectivity index (χ1v) is 7.61. The van der Waals surface area contributed by atoms with Crippen LogP contribution in [-0.2, 0) is 18.3 Å². The zero-order valence-electron chi connectivity index (χ0n) is 14.2. The summed E-state index contributed by atoms with van der Waals surface area (Å²) in [6.45, 7) is 5.49. The zero-order valence-corrected chi connectivity index (χ0v) is 14.9. The van der Waals surface area contributed by atoms with E-state index in [9.17, 15) is 9.18 Å². The van der Waals surface area contributed by atoms with Gasteiger partial charge in [0, 0.05) is 25.9 Å². The molecule has 2 aromatic rings. The van der Waals surface area contributed by atoms with Gasteiger partial charge in [-0.3, -0.25) is 0 Å². The van der Waals surface area contributed by atoms with Crippen molar-refractivity contribution >= 4 is 17.7 Å². The number of nitrogens with zero attached hydrogens (tertiary/aromatic N) is 5. The second kappa shape index (κ2) is 6.72. The summed E-state index contributed by atoms with van der Waals surface area (Å²) < 4.78 is 21.0. The van der Waals surface area contributed by atoms with Crippen LogP contribution >= 0.6 is 11.6 Å². The fourth-order valence-corrected chi connectivity index (χ4v) is 2.15. The van der Waals surface area contributed by atoms with Crippen LogP contribution in [0.3, 0.4) is 0 Å². The molecule has 9 heteroatoms. The molecule has 0 fully saturated rings. The smallest absolute Gasteiger partial charge is 0.410 e. The fraction of sp³-hybridized carbons (Fsp3) is 0.467. The summed E-state index contributed by atoms with van der Waals surface area (Å²) in [6.07, 6.45) is 0.888. The van der Waals surface area contributed by atoms with Gasteiger partial charge in [-0.15, -0.1) is 5.10 Å². The van der Waals surface area contributed by atoms with Crippen molar-refractivity contribution in [2.45, 2.75) is 32.9 Å². The van der Waals surface area contributed by atoms with E-state index in [0.29, 0.717) is 11.4 Å². The van der Waals surface area contributed by atoms with Gasteiger partial charge in [0.15, 0.2) is 11.0 Å². The van der Waals surface area contributed by atoms with E-state index in [-0.39, 0.29) is 17.3 Å². The number of pyridine rings is 1. The van der Waals surface area contributed by atoms with Crippen LogP contribution in [0.1, 0.15) is 26.5 Å². The Hall–Kier alpha value is -2.22. The number of rotatable bonds is 3. The monoisotopic (exact) mass is 355 g/mol. The second-order valence-corrected chi connectivity index (χ2v) is 6.67. The van der Waals surface area contributed by atoms with E-state index < -0.39 is 17.5 Å². The largest absolute Gasteiger partial charge is 0.444 e. The number of carbonyl (C=O) groups excluding carboxylic acids is 1. The molecule has 0 aliphatic heterocycles. The van der Waals surface area contributed by atoms with Crippen molar-refractivity contribution in [2.24, 2.45) is 7.05 Å². The molecule has 0 N–H and O–H groups in total. The molecule has 24 heavy (non-hydrogen) atoms. The maximum atomic E-state index is 14.2. The average molecular weight is 356 g/mol. The SMILES string of the molecule is CN(Cc1c(-c2ccnc(Cl)c2F)nnn1C)C(=O)OC(C)(C)C. The van der Waals surface area contributed by atoms with Crippen molar-refractivity contribution in [3.8, 4) is 11.3 Å². The van der Waals surface area contributed by atoms with Crippen LogP contribution in [-0.4, -0.2) is 43.6 Å². The van der Waals surface area contributed by atoms with Gasteiger partial charge in [-0.25, -0.2) is 18.9 Å². The van der Waals surface area contributed by atoms with Crippen LogP contribution in [0.25, 0.3) is 11.3 Å². The van der Waals surface area contributed by atoms with E-state index in [0.717, 1.165) is 0 Å². The van der Waals surface area contributed by atoms with Crippen LogP contribution in [0.4, 0.5) is 9.18 Å². The quantitative estimate of drug-likeness (QED) is 0.791. The van der Waals surface area contributed by atoms with E-state index in [2.05, 4.69) is 15.3 Å². The average Bonchev–Trinajstić information content (AvgIpc) is 2.81. The molecule has 0 unspecified atom stereocenters. The number of halogens is 2. The lowest BCUT2D eigenvalue weighted by molar-refractivity contribution is 0.0282. The van der Waals surface area contributed by atoms with Gasteiger partial charge in [0.25, 0.3) is 0 Å². The van der Waals surface area contributed by atoms with Crippen molar-refractivity contribution < 1.29 is 13.9 Å². The highest BCUT2D eigenvalue weighted by atomic mass is 35.5. The van der Waals surface area contributed by atoms with E-state index in [1.165, 1.54) is 21.8 Å². The predicted octanol–water partition coefficient (Wildman–Crippen LogP) is 3.04. The number of hydrogen-bond acceptors (Lipinski definition) is 5. The molecule has 2 heterocycles. The fourth-order valence-electron chi connectivity index (χ4n) is 1.99. The Morgan fingerprint density at radius 3 is 2.75 bits per heavy atom. The van der Waals surface area contributed by atoms with Crippen LogP contribution in [0.15, 0.2) is 12.3 Å². The van der Waals surface area contributed by atoms with Gasteiger partial charge in [0.1, 0.15) is 11.3 Å². The number of aromatic nitrogens is 4. The Balaban J connectivity index is 2.31. The number of carbonyl (C=O) groups is 1. The minimum atomic E-state index is -0.680. The van der Waals surface area contributed by atoms with Crippen molar-refractivity contribution in [1.82, 2.24) is 24.9 Å². The Bertz CT molecular complexity index is 757. The summed E-state index contributed by atoms with van der Waals surface area (Å²) in [4.78, 5) is 17.2. The van der Waals surface area contributed by atoms with E-state index in [4.69, 9.17) is 16.3 Å². The molecule has 0 aromatic carbocycles. The Kier molecular flexibility index (Phi) is 5.08. The molecule has 1 amide bonds. The molecule has 130 valence electrons. The van der Waals surface area contributed by atoms with Gasteiger partial charge in [-0.05, 0) is 26.8 Å². The number of ether oxygens (including phenoxy) is 1. The lowest BCUT2D eigenvalue weighted by Crippen LogP contribution is -2.34. The molecule has 0 saturated carbocycles. The third-order valence-corrected chi connectivity index (χ3v) is 3.40. The molecule has 2 rings (SSSR count). The van der Waals surface area contributed by atoms with Crippen LogP contribution < -0.4 is 0 Å². The van der Waals surface area contributed by atoms with Gasteiger partial charge in [-0.1, -0.05) is 16.8 Å². The molecule has 0 spiro atoms. The summed E-state index contributed by atoms with van der Waals surface area (Å²) in [5, 5.41) is 7.65. The number of hydrogen-bond donors (Lipinski definition) is 0. The second-order valence-electron chi connectivity index (χ2n) is 6.31. The summed E-state index contributed by atoms with van der Waals surface area (Å²) >= 11 is 5.73. The highest BCUT2D eigenvalue weighted by Crippen LogP contribution is 2.27. The first kappa shape index (κ1) is 18.1. The lowest BCUT2D eigenvalue weighted by Gasteiger charge is -2.24. The highest BCUT2D eigenvalue weighted by molar-refractivity contribution is 6.29. The first-order chi connectivity index (χ1) is 11.1. The van der Waals surface area contributed by atoms with Gasteiger partial charge in [0.2, 0.25) is 0 Å². The van der Waals surface area contributed by atoms with E-state index in [1.807, 2.05) is 0 Å². The molecule has 0 radical (unpaired) electrons. The Labute approximate surface area is 144 Å². The third-order valence-electron chi connectivity index (χ3n) is 3.14. The highest BCUT2D eigenvalue weighted by Gasteiger charge is 2.24. The molecule has 0 bridgehead atoms. The zero-order chi connectivity index (χ0) is 18.1. The topological polar surface area (TPSA) is 73.1 Å². The Morgan fingerprint density at radius 1 is 1.46 bits per heavy atom. The van der Waals surface area contributed by atoms with E-state index in [1.54, 1.807) is 34.9 Å². The van der Waals surface area contributed by atoms with E-state index >= 15 is 0 Å². The maximum Gasteiger partial charge on any atom is 0.410 e. The lowest BCUT2D eigenvalue weighted by atomic mass is 10.1. The summed E-state index contributed by atoms with van der Waals surface area (Å²) in [5.74, 6) is -0.680. The molecular formula is C15H19ClFN5O2. The minimum Gasteiger partial charge on any atom is -0.444 e.